The molecule has 8 nitrogen and oxygen atoms in total. The van der Waals surface area contributed by atoms with Gasteiger partial charge in [-0.05, 0) is 25.5 Å². The lowest BCUT2D eigenvalue weighted by atomic mass is 9.91. The third kappa shape index (κ3) is 2.60. The van der Waals surface area contributed by atoms with Crippen LogP contribution in [0.4, 0.5) is 0 Å². The highest BCUT2D eigenvalue weighted by atomic mass is 35.5. The minimum Gasteiger partial charge on any atom is -0.481 e. The van der Waals surface area contributed by atoms with Gasteiger partial charge in [0.25, 0.3) is 5.56 Å². The zero-order valence-electron chi connectivity index (χ0n) is 14.6. The van der Waals surface area contributed by atoms with E-state index < -0.39 is 29.8 Å². The number of benzene rings is 1. The lowest BCUT2D eigenvalue weighted by molar-refractivity contribution is -0.156. The van der Waals surface area contributed by atoms with Crippen LogP contribution in [0.1, 0.15) is 18.2 Å². The number of aryl methyl sites for hydroxylation is 1. The largest absolute Gasteiger partial charge is 0.481 e. The van der Waals surface area contributed by atoms with E-state index >= 15 is 0 Å². The molecule has 0 saturated carbocycles. The van der Waals surface area contributed by atoms with Crippen LogP contribution in [-0.4, -0.2) is 31.9 Å². The number of hydrogen-bond acceptors (Lipinski definition) is 5. The van der Waals surface area contributed by atoms with Crippen molar-refractivity contribution in [2.75, 3.05) is 0 Å². The Morgan fingerprint density at radius 1 is 1.25 bits per heavy atom. The molecule has 9 heteroatoms. The Balaban J connectivity index is 1.91. The fraction of sp³-hybridized carbons (Fsp3) is 0.263. The van der Waals surface area contributed by atoms with Gasteiger partial charge in [-0.3, -0.25) is 14.4 Å². The number of carboxylic acid groups (broad SMARTS) is 2. The molecule has 1 aliphatic carbocycles. The molecule has 0 fully saturated rings. The Bertz CT molecular complexity index is 1210. The number of allylic oxidation sites excluding steroid dienone is 2. The third-order valence-corrected chi connectivity index (χ3v) is 5.48. The van der Waals surface area contributed by atoms with Crippen molar-refractivity contribution >= 4 is 45.3 Å². The molecular weight excluding hydrogens is 388 g/mol. The fourth-order valence-corrected chi connectivity index (χ4v) is 4.18. The van der Waals surface area contributed by atoms with Gasteiger partial charge in [-0.2, -0.15) is 0 Å². The predicted octanol–water partition coefficient (Wildman–Crippen LogP) is 3.01. The van der Waals surface area contributed by atoms with Gasteiger partial charge >= 0.3 is 11.9 Å². The first kappa shape index (κ1) is 18.2. The number of halogens is 1. The van der Waals surface area contributed by atoms with E-state index in [1.807, 2.05) is 0 Å². The van der Waals surface area contributed by atoms with Gasteiger partial charge in [0.1, 0.15) is 16.7 Å². The molecule has 1 aliphatic rings. The van der Waals surface area contributed by atoms with Gasteiger partial charge in [0.2, 0.25) is 0 Å². The van der Waals surface area contributed by atoms with Gasteiger partial charge in [-0.1, -0.05) is 35.0 Å². The molecular formula is C19H15ClN2O6. The van der Waals surface area contributed by atoms with Crippen molar-refractivity contribution in [2.24, 2.45) is 11.8 Å². The van der Waals surface area contributed by atoms with Gasteiger partial charge in [0.05, 0.1) is 16.6 Å². The molecule has 0 saturated heterocycles. The topological polar surface area (TPSA) is 123 Å². The van der Waals surface area contributed by atoms with Crippen LogP contribution in [0.2, 0.25) is 5.02 Å². The molecule has 3 aromatic rings. The standard InChI is InChI=1S/C19H15ClN2O6/c1-8-13-16(21-28-8)15-11(20)3-2-4-12(15)22(17(13)23)10-6-5-9(7-10)14(18(24)25)19(26)27/h2-6,9-10,14H,7H2,1H3,(H,24,25)(H,26,27)/t9-,10+/m1/s1. The summed E-state index contributed by atoms with van der Waals surface area (Å²) < 4.78 is 6.71. The van der Waals surface area contributed by atoms with E-state index in [0.29, 0.717) is 32.6 Å². The molecule has 0 radical (unpaired) electrons. The lowest BCUT2D eigenvalue weighted by Gasteiger charge is -2.20. The summed E-state index contributed by atoms with van der Waals surface area (Å²) in [5.41, 5.74) is 0.545. The van der Waals surface area contributed by atoms with E-state index in [1.54, 1.807) is 37.3 Å². The molecule has 2 atom stereocenters. The Morgan fingerprint density at radius 2 is 1.96 bits per heavy atom. The summed E-state index contributed by atoms with van der Waals surface area (Å²) >= 11 is 6.37. The van der Waals surface area contributed by atoms with Crippen LogP contribution in [0.3, 0.4) is 0 Å². The summed E-state index contributed by atoms with van der Waals surface area (Å²) in [7, 11) is 0. The molecule has 0 unspecified atom stereocenters. The highest BCUT2D eigenvalue weighted by Crippen LogP contribution is 2.37. The molecule has 144 valence electrons. The smallest absolute Gasteiger partial charge is 0.318 e. The van der Waals surface area contributed by atoms with Gasteiger partial charge in [-0.25, -0.2) is 0 Å². The first-order chi connectivity index (χ1) is 13.3. The summed E-state index contributed by atoms with van der Waals surface area (Å²) in [5.74, 6) is -4.78. The zero-order valence-corrected chi connectivity index (χ0v) is 15.4. The molecule has 0 aliphatic heterocycles. The van der Waals surface area contributed by atoms with Gasteiger partial charge in [0.15, 0.2) is 5.92 Å². The van der Waals surface area contributed by atoms with Gasteiger partial charge in [0, 0.05) is 11.3 Å². The summed E-state index contributed by atoms with van der Waals surface area (Å²) in [5, 5.41) is 23.7. The molecule has 0 amide bonds. The number of rotatable bonds is 4. The number of aromatic nitrogens is 2. The van der Waals surface area contributed by atoms with E-state index in [0.717, 1.165) is 0 Å². The highest BCUT2D eigenvalue weighted by molar-refractivity contribution is 6.37. The average molecular weight is 403 g/mol. The minimum atomic E-state index is -1.58. The predicted molar refractivity (Wildman–Crippen MR) is 101 cm³/mol. The highest BCUT2D eigenvalue weighted by Gasteiger charge is 2.38. The average Bonchev–Trinajstić information content (AvgIpc) is 3.22. The van der Waals surface area contributed by atoms with Crippen molar-refractivity contribution < 1.29 is 24.3 Å². The second-order valence-electron chi connectivity index (χ2n) is 6.78. The first-order valence-corrected chi connectivity index (χ1v) is 8.91. The second kappa shape index (κ2) is 6.49. The summed E-state index contributed by atoms with van der Waals surface area (Å²) in [6.45, 7) is 1.63. The summed E-state index contributed by atoms with van der Waals surface area (Å²) in [6, 6.07) is 4.59. The van der Waals surface area contributed by atoms with E-state index in [9.17, 15) is 24.6 Å². The van der Waals surface area contributed by atoms with Gasteiger partial charge < -0.3 is 19.3 Å². The maximum Gasteiger partial charge on any atom is 0.318 e. The maximum atomic E-state index is 13.2. The molecule has 0 bridgehead atoms. The maximum absolute atomic E-state index is 13.2. The Kier molecular flexibility index (Phi) is 4.23. The van der Waals surface area contributed by atoms with Crippen LogP contribution in [-0.2, 0) is 9.59 Å². The number of pyridine rings is 1. The number of carboxylic acids is 2. The van der Waals surface area contributed by atoms with Crippen LogP contribution in [0.5, 0.6) is 0 Å². The molecule has 4 rings (SSSR count). The van der Waals surface area contributed by atoms with Crippen LogP contribution >= 0.6 is 11.6 Å². The number of carbonyl (C=O) groups is 2. The van der Waals surface area contributed by atoms with Crippen LogP contribution < -0.4 is 5.56 Å². The van der Waals surface area contributed by atoms with Crippen molar-refractivity contribution in [2.45, 2.75) is 19.4 Å². The van der Waals surface area contributed by atoms with Crippen LogP contribution in [0, 0.1) is 18.8 Å². The number of aliphatic carboxylic acids is 2. The van der Waals surface area contributed by atoms with Gasteiger partial charge in [-0.15, -0.1) is 0 Å². The Morgan fingerprint density at radius 3 is 2.64 bits per heavy atom. The minimum absolute atomic E-state index is 0.167. The number of nitrogens with zero attached hydrogens (tertiary/aromatic N) is 2. The lowest BCUT2D eigenvalue weighted by Crippen LogP contribution is -2.31. The Hall–Kier alpha value is -3.13. The SMILES string of the molecule is Cc1onc2c1c(=O)n([C@H]1C=C[C@@H](C(C(=O)O)C(=O)O)C1)c1cccc(Cl)c21. The normalized spacial score (nSPS) is 19.1. The van der Waals surface area contributed by atoms with E-state index in [4.69, 9.17) is 16.1 Å². The van der Waals surface area contributed by atoms with E-state index in [-0.39, 0.29) is 12.0 Å². The third-order valence-electron chi connectivity index (χ3n) is 5.17. The summed E-state index contributed by atoms with van der Waals surface area (Å²) in [4.78, 5) is 35.9. The summed E-state index contributed by atoms with van der Waals surface area (Å²) in [6.07, 6.45) is 3.38. The quantitative estimate of drug-likeness (QED) is 0.508. The number of fused-ring (bicyclic) bond motifs is 3. The van der Waals surface area contributed by atoms with Crippen molar-refractivity contribution in [1.29, 1.82) is 0 Å². The molecule has 2 aromatic heterocycles. The van der Waals surface area contributed by atoms with Crippen LogP contribution in [0.25, 0.3) is 21.8 Å². The number of hydrogen-bond donors (Lipinski definition) is 2. The van der Waals surface area contributed by atoms with E-state index in [1.165, 1.54) is 4.57 Å². The molecule has 1 aromatic carbocycles. The van der Waals surface area contributed by atoms with Crippen molar-refractivity contribution in [1.82, 2.24) is 9.72 Å². The van der Waals surface area contributed by atoms with Crippen molar-refractivity contribution in [3.63, 3.8) is 0 Å². The Labute approximate surface area is 162 Å². The molecule has 28 heavy (non-hydrogen) atoms. The monoisotopic (exact) mass is 402 g/mol. The van der Waals surface area contributed by atoms with Crippen LogP contribution in [0.15, 0.2) is 39.7 Å². The second-order valence-corrected chi connectivity index (χ2v) is 7.18. The van der Waals surface area contributed by atoms with E-state index in [2.05, 4.69) is 5.16 Å². The molecule has 2 N–H and O–H groups in total. The zero-order chi connectivity index (χ0) is 20.2. The molecule has 0 spiro atoms. The fourth-order valence-electron chi connectivity index (χ4n) is 3.92. The first-order valence-electron chi connectivity index (χ1n) is 8.54. The molecule has 2 heterocycles. The van der Waals surface area contributed by atoms with Crippen molar-refractivity contribution in [3.8, 4) is 0 Å². The van der Waals surface area contributed by atoms with Crippen molar-refractivity contribution in [3.05, 3.63) is 51.5 Å².